The molecule has 1 N–H and O–H groups in total. The number of piperazine rings is 1. The number of hydrogen-bond acceptors (Lipinski definition) is 6. The normalized spacial score (nSPS) is 15.9. The molecule has 0 bridgehead atoms. The van der Waals surface area contributed by atoms with Crippen molar-refractivity contribution in [3.8, 4) is 11.3 Å². The summed E-state index contributed by atoms with van der Waals surface area (Å²) >= 11 is 1.68. The molecule has 1 aliphatic rings. The Balaban J connectivity index is 1.86. The van der Waals surface area contributed by atoms with Crippen LogP contribution >= 0.6 is 11.3 Å². The van der Waals surface area contributed by atoms with Crippen LogP contribution in [0.15, 0.2) is 29.4 Å². The molecule has 0 aliphatic carbocycles. The van der Waals surface area contributed by atoms with Crippen LogP contribution in [0.3, 0.4) is 0 Å². The lowest BCUT2D eigenvalue weighted by Gasteiger charge is -2.28. The van der Waals surface area contributed by atoms with E-state index >= 15 is 0 Å². The molecule has 0 aromatic carbocycles. The molecular formula is C13H14N6S. The van der Waals surface area contributed by atoms with Crippen molar-refractivity contribution in [2.24, 2.45) is 0 Å². The van der Waals surface area contributed by atoms with E-state index in [0.29, 0.717) is 0 Å². The lowest BCUT2D eigenvalue weighted by atomic mass is 10.2. The quantitative estimate of drug-likeness (QED) is 0.768. The van der Waals surface area contributed by atoms with E-state index < -0.39 is 0 Å². The van der Waals surface area contributed by atoms with E-state index in [-0.39, 0.29) is 0 Å². The predicted octanol–water partition coefficient (Wildman–Crippen LogP) is 1.26. The Kier molecular flexibility index (Phi) is 2.86. The molecule has 0 spiro atoms. The molecule has 1 saturated heterocycles. The van der Waals surface area contributed by atoms with Gasteiger partial charge < -0.3 is 10.2 Å². The summed E-state index contributed by atoms with van der Waals surface area (Å²) in [7, 11) is 0. The molecule has 7 heteroatoms. The minimum absolute atomic E-state index is 0.825. The van der Waals surface area contributed by atoms with E-state index in [9.17, 15) is 0 Å². The summed E-state index contributed by atoms with van der Waals surface area (Å²) in [6, 6.07) is 2.09. The maximum atomic E-state index is 4.82. The van der Waals surface area contributed by atoms with E-state index in [2.05, 4.69) is 37.2 Å². The van der Waals surface area contributed by atoms with Crippen molar-refractivity contribution in [3.05, 3.63) is 29.4 Å². The Morgan fingerprint density at radius 1 is 1.25 bits per heavy atom. The predicted molar refractivity (Wildman–Crippen MR) is 79.2 cm³/mol. The summed E-state index contributed by atoms with van der Waals surface area (Å²) in [5, 5.41) is 15.8. The molecule has 4 heterocycles. The molecule has 3 aromatic rings. The van der Waals surface area contributed by atoms with Gasteiger partial charge in [0, 0.05) is 43.3 Å². The van der Waals surface area contributed by atoms with Crippen molar-refractivity contribution in [1.82, 2.24) is 24.9 Å². The van der Waals surface area contributed by atoms with Gasteiger partial charge in [0.15, 0.2) is 5.82 Å². The first-order valence-corrected chi connectivity index (χ1v) is 7.55. The van der Waals surface area contributed by atoms with Crippen molar-refractivity contribution in [1.29, 1.82) is 0 Å². The number of nitrogens with one attached hydrogen (secondary N) is 1. The monoisotopic (exact) mass is 286 g/mol. The van der Waals surface area contributed by atoms with Gasteiger partial charge in [-0.15, -0.1) is 10.2 Å². The maximum absolute atomic E-state index is 4.82. The molecule has 0 radical (unpaired) electrons. The molecule has 4 rings (SSSR count). The first kappa shape index (κ1) is 11.8. The second kappa shape index (κ2) is 4.84. The highest BCUT2D eigenvalue weighted by Gasteiger charge is 2.18. The van der Waals surface area contributed by atoms with Gasteiger partial charge in [-0.05, 0) is 11.4 Å². The Morgan fingerprint density at radius 2 is 2.15 bits per heavy atom. The van der Waals surface area contributed by atoms with Gasteiger partial charge >= 0.3 is 0 Å². The fourth-order valence-corrected chi connectivity index (χ4v) is 3.11. The summed E-state index contributed by atoms with van der Waals surface area (Å²) in [5.41, 5.74) is 2.93. The van der Waals surface area contributed by atoms with Gasteiger partial charge in [0.1, 0.15) is 6.33 Å². The van der Waals surface area contributed by atoms with Gasteiger partial charge in [0.05, 0.1) is 5.69 Å². The van der Waals surface area contributed by atoms with E-state index in [1.165, 1.54) is 0 Å². The van der Waals surface area contributed by atoms with Crippen LogP contribution in [0.4, 0.5) is 5.82 Å². The van der Waals surface area contributed by atoms with Gasteiger partial charge in [0.2, 0.25) is 5.65 Å². The van der Waals surface area contributed by atoms with Gasteiger partial charge in [-0.1, -0.05) is 0 Å². The molecule has 1 fully saturated rings. The molecule has 1 aliphatic heterocycles. The van der Waals surface area contributed by atoms with Crippen LogP contribution in [0.1, 0.15) is 0 Å². The van der Waals surface area contributed by atoms with Gasteiger partial charge in [-0.2, -0.15) is 11.3 Å². The van der Waals surface area contributed by atoms with Crippen molar-refractivity contribution >= 4 is 22.8 Å². The standard InChI is InChI=1S/C13H14N6S/c1-6-20-8-10(1)11-7-19-9-15-17-13(19)12(16-11)18-4-2-14-3-5-18/h1,6-9,14H,2-5H2. The molecular weight excluding hydrogens is 272 g/mol. The van der Waals surface area contributed by atoms with Crippen LogP contribution < -0.4 is 10.2 Å². The third-order valence-electron chi connectivity index (χ3n) is 3.49. The Bertz CT molecular complexity index is 714. The highest BCUT2D eigenvalue weighted by atomic mass is 32.1. The summed E-state index contributed by atoms with van der Waals surface area (Å²) < 4.78 is 1.96. The number of aromatic nitrogens is 4. The molecule has 0 unspecified atom stereocenters. The minimum atomic E-state index is 0.825. The molecule has 0 atom stereocenters. The van der Waals surface area contributed by atoms with Crippen LogP contribution in [0.25, 0.3) is 16.9 Å². The highest BCUT2D eigenvalue weighted by molar-refractivity contribution is 7.08. The van der Waals surface area contributed by atoms with Crippen molar-refractivity contribution in [2.75, 3.05) is 31.1 Å². The Labute approximate surface area is 120 Å². The van der Waals surface area contributed by atoms with Gasteiger partial charge in [-0.25, -0.2) is 4.98 Å². The van der Waals surface area contributed by atoms with Crippen LogP contribution in [0.5, 0.6) is 0 Å². The zero-order valence-corrected chi connectivity index (χ0v) is 11.7. The second-order valence-electron chi connectivity index (χ2n) is 4.76. The lowest BCUT2D eigenvalue weighted by Crippen LogP contribution is -2.44. The number of hydrogen-bond donors (Lipinski definition) is 1. The maximum Gasteiger partial charge on any atom is 0.203 e. The lowest BCUT2D eigenvalue weighted by molar-refractivity contribution is 0.585. The van der Waals surface area contributed by atoms with E-state index in [4.69, 9.17) is 4.98 Å². The average molecular weight is 286 g/mol. The zero-order valence-electron chi connectivity index (χ0n) is 10.9. The van der Waals surface area contributed by atoms with Crippen LogP contribution in [0.2, 0.25) is 0 Å². The number of fused-ring (bicyclic) bond motifs is 1. The topological polar surface area (TPSA) is 58.4 Å². The number of thiophene rings is 1. The third kappa shape index (κ3) is 1.95. The first-order valence-electron chi connectivity index (χ1n) is 6.60. The van der Waals surface area contributed by atoms with Crippen molar-refractivity contribution < 1.29 is 0 Å². The SMILES string of the molecule is c1cc(-c2cn3cnnc3c(N3CCNCC3)n2)cs1. The van der Waals surface area contributed by atoms with Crippen molar-refractivity contribution in [2.45, 2.75) is 0 Å². The highest BCUT2D eigenvalue weighted by Crippen LogP contribution is 2.25. The Hall–Kier alpha value is -1.99. The van der Waals surface area contributed by atoms with Crippen molar-refractivity contribution in [3.63, 3.8) is 0 Å². The molecule has 0 amide bonds. The summed E-state index contributed by atoms with van der Waals surface area (Å²) in [4.78, 5) is 7.09. The summed E-state index contributed by atoms with van der Waals surface area (Å²) in [6.07, 6.45) is 3.72. The molecule has 0 saturated carbocycles. The molecule has 6 nitrogen and oxygen atoms in total. The molecule has 102 valence electrons. The van der Waals surface area contributed by atoms with Gasteiger partial charge in [-0.3, -0.25) is 4.40 Å². The van der Waals surface area contributed by atoms with Gasteiger partial charge in [0.25, 0.3) is 0 Å². The minimum Gasteiger partial charge on any atom is -0.351 e. The fraction of sp³-hybridized carbons (Fsp3) is 0.308. The smallest absolute Gasteiger partial charge is 0.203 e. The van der Waals surface area contributed by atoms with E-state index in [1.807, 2.05) is 10.6 Å². The first-order chi connectivity index (χ1) is 9.92. The number of rotatable bonds is 2. The molecule has 20 heavy (non-hydrogen) atoms. The van der Waals surface area contributed by atoms with E-state index in [1.54, 1.807) is 17.7 Å². The Morgan fingerprint density at radius 3 is 2.95 bits per heavy atom. The van der Waals surface area contributed by atoms with Crippen LogP contribution in [0, 0.1) is 0 Å². The fourth-order valence-electron chi connectivity index (χ4n) is 2.46. The average Bonchev–Trinajstić information content (AvgIpc) is 3.18. The van der Waals surface area contributed by atoms with E-state index in [0.717, 1.165) is 48.9 Å². The van der Waals surface area contributed by atoms with Crippen LogP contribution in [-0.4, -0.2) is 45.8 Å². The summed E-state index contributed by atoms with van der Waals surface area (Å²) in [6.45, 7) is 3.85. The molecule has 3 aromatic heterocycles. The number of anilines is 1. The largest absolute Gasteiger partial charge is 0.351 e. The van der Waals surface area contributed by atoms with Crippen LogP contribution in [-0.2, 0) is 0 Å². The number of nitrogens with zero attached hydrogens (tertiary/aromatic N) is 5. The summed E-state index contributed by atoms with van der Waals surface area (Å²) in [5.74, 6) is 0.924. The zero-order chi connectivity index (χ0) is 13.4. The third-order valence-corrected chi connectivity index (χ3v) is 4.18. The second-order valence-corrected chi connectivity index (χ2v) is 5.54.